The number of aromatic nitrogens is 1. The van der Waals surface area contributed by atoms with Crippen LogP contribution in [0.15, 0.2) is 35.7 Å². The van der Waals surface area contributed by atoms with Gasteiger partial charge in [0, 0.05) is 17.7 Å². The van der Waals surface area contributed by atoms with Crippen molar-refractivity contribution in [2.75, 3.05) is 33.3 Å². The number of amides is 1. The fourth-order valence-corrected chi connectivity index (χ4v) is 5.57. The van der Waals surface area contributed by atoms with Crippen LogP contribution in [0.1, 0.15) is 52.7 Å². The summed E-state index contributed by atoms with van der Waals surface area (Å²) < 4.78 is 48.5. The number of ether oxygens (including phenoxy) is 1. The van der Waals surface area contributed by atoms with Gasteiger partial charge in [0.1, 0.15) is 0 Å². The van der Waals surface area contributed by atoms with Crippen LogP contribution in [0.4, 0.5) is 13.3 Å². The van der Waals surface area contributed by atoms with E-state index in [9.17, 15) is 22.9 Å². The van der Waals surface area contributed by atoms with Crippen LogP contribution in [0.3, 0.4) is 0 Å². The third kappa shape index (κ3) is 6.22. The Morgan fingerprint density at radius 1 is 1.23 bits per heavy atom. The first-order valence-corrected chi connectivity index (χ1v) is 12.8. The fraction of sp³-hybridized carbons (Fsp3) is 0.560. The predicted octanol–water partition coefficient (Wildman–Crippen LogP) is 4.73. The van der Waals surface area contributed by atoms with E-state index in [0.717, 1.165) is 43.0 Å². The minimum absolute atomic E-state index is 0.137. The van der Waals surface area contributed by atoms with Crippen molar-refractivity contribution in [3.05, 3.63) is 52.0 Å². The van der Waals surface area contributed by atoms with Gasteiger partial charge in [0.05, 0.1) is 18.7 Å². The molecule has 1 aromatic heterocycles. The first kappa shape index (κ1) is 25.6. The molecule has 2 aliphatic rings. The Hall–Kier alpha value is -2.46. The maximum Gasteiger partial charge on any atom is 0.357 e. The zero-order chi connectivity index (χ0) is 25.0. The van der Waals surface area contributed by atoms with Crippen molar-refractivity contribution in [2.24, 2.45) is 11.8 Å². The monoisotopic (exact) mass is 509 g/mol. The van der Waals surface area contributed by atoms with Gasteiger partial charge in [-0.15, -0.1) is 11.3 Å². The van der Waals surface area contributed by atoms with Crippen LogP contribution in [0.5, 0.6) is 0 Å². The smallest absolute Gasteiger partial charge is 0.357 e. The zero-order valence-corrected chi connectivity index (χ0v) is 20.5. The van der Waals surface area contributed by atoms with Crippen LogP contribution in [-0.4, -0.2) is 66.1 Å². The summed E-state index contributed by atoms with van der Waals surface area (Å²) >= 11 is 1.43. The van der Waals surface area contributed by atoms with Gasteiger partial charge in [-0.2, -0.15) is 13.9 Å². The number of esters is 1. The molecule has 1 aliphatic carbocycles. The number of halogens is 3. The molecular formula is C25H30F3N3O3S. The first-order chi connectivity index (χ1) is 16.8. The molecule has 0 N–H and O–H groups in total. The third-order valence-corrected chi connectivity index (χ3v) is 7.83. The summed E-state index contributed by atoms with van der Waals surface area (Å²) in [6.07, 6.45) is 3.11. The highest BCUT2D eigenvalue weighted by Crippen LogP contribution is 2.56. The van der Waals surface area contributed by atoms with Gasteiger partial charge in [-0.25, -0.2) is 9.78 Å². The summed E-state index contributed by atoms with van der Waals surface area (Å²) in [7, 11) is 1.32. The van der Waals surface area contributed by atoms with Crippen molar-refractivity contribution in [1.82, 2.24) is 15.0 Å². The van der Waals surface area contributed by atoms with E-state index in [1.807, 2.05) is 6.07 Å². The lowest BCUT2D eigenvalue weighted by Crippen LogP contribution is -2.45. The van der Waals surface area contributed by atoms with Crippen molar-refractivity contribution < 1.29 is 27.6 Å². The Balaban J connectivity index is 1.17. The standard InChI is InChI=1S/C25H30F3N3O3S/c1-34-23(32)21-16-35-22(29-21)8-5-11-30-12-9-17(10-13-30)15-31(28)24(33)25(26,27)20-14-19(20)18-6-3-2-4-7-18/h2-4,6-7,16-17,19-20H,5,8-15H2,1H3. The number of alkyl halides is 2. The molecule has 6 nitrogen and oxygen atoms in total. The summed E-state index contributed by atoms with van der Waals surface area (Å²) in [4.78, 5) is 30.3. The van der Waals surface area contributed by atoms with Crippen LogP contribution < -0.4 is 0 Å². The lowest BCUT2D eigenvalue weighted by Gasteiger charge is -2.33. The highest BCUT2D eigenvalue weighted by atomic mass is 32.1. The number of carbonyl (C=O) groups is 2. The van der Waals surface area contributed by atoms with E-state index in [0.29, 0.717) is 18.5 Å². The Kier molecular flexibility index (Phi) is 8.11. The second-order valence-corrected chi connectivity index (χ2v) is 10.3. The number of thiazole rings is 1. The Morgan fingerprint density at radius 3 is 2.63 bits per heavy atom. The van der Waals surface area contributed by atoms with Crippen molar-refractivity contribution in [3.8, 4) is 0 Å². The summed E-state index contributed by atoms with van der Waals surface area (Å²) in [5.74, 6) is -7.53. The van der Waals surface area contributed by atoms with Gasteiger partial charge in [0.25, 0.3) is 0 Å². The molecule has 1 aliphatic heterocycles. The number of methoxy groups -OCH3 is 1. The maximum atomic E-state index is 14.7. The molecule has 2 heterocycles. The number of hydrogen-bond donors (Lipinski definition) is 0. The molecule has 1 saturated heterocycles. The van der Waals surface area contributed by atoms with Gasteiger partial charge < -0.3 is 9.64 Å². The lowest BCUT2D eigenvalue weighted by molar-refractivity contribution is -0.178. The second kappa shape index (κ2) is 11.1. The quantitative estimate of drug-likeness (QED) is 0.342. The second-order valence-electron chi connectivity index (χ2n) is 9.34. The highest BCUT2D eigenvalue weighted by Gasteiger charge is 2.61. The molecule has 1 amide bonds. The first-order valence-electron chi connectivity index (χ1n) is 11.9. The van der Waals surface area contributed by atoms with Crippen LogP contribution >= 0.6 is 11.3 Å². The van der Waals surface area contributed by atoms with Crippen molar-refractivity contribution >= 4 is 23.2 Å². The average molecular weight is 510 g/mol. The van der Waals surface area contributed by atoms with Crippen molar-refractivity contribution in [1.29, 1.82) is 0 Å². The van der Waals surface area contributed by atoms with E-state index in [1.165, 1.54) is 18.4 Å². The molecule has 2 atom stereocenters. The van der Waals surface area contributed by atoms with E-state index in [-0.39, 0.29) is 24.0 Å². The number of nitrogens with zero attached hydrogens (tertiary/aromatic N) is 3. The normalized spacial score (nSPS) is 21.0. The summed E-state index contributed by atoms with van der Waals surface area (Å²) in [6.45, 7) is 2.00. The summed E-state index contributed by atoms with van der Waals surface area (Å²) in [5, 5.41) is 2.31. The summed E-state index contributed by atoms with van der Waals surface area (Å²) in [5.41, 5.74) is 1.09. The SMILES string of the molecule is COC(=O)c1csc(CCCN2CCC(CN(F)C(=O)C(F)(F)C3CC3c3ccccc3)CC2)n1. The number of carbonyl (C=O) groups excluding carboxylic acids is 2. The Labute approximate surface area is 207 Å². The molecule has 190 valence electrons. The van der Waals surface area contributed by atoms with Crippen LogP contribution in [0, 0.1) is 11.8 Å². The minimum atomic E-state index is -3.69. The molecule has 2 fully saturated rings. The van der Waals surface area contributed by atoms with E-state index in [2.05, 4.69) is 14.6 Å². The Morgan fingerprint density at radius 2 is 1.94 bits per heavy atom. The fourth-order valence-electron chi connectivity index (χ4n) is 4.76. The number of piperidine rings is 1. The Bertz CT molecular complexity index is 1010. The molecular weight excluding hydrogens is 479 g/mol. The van der Waals surface area contributed by atoms with Gasteiger partial charge in [0.15, 0.2) is 5.69 Å². The van der Waals surface area contributed by atoms with E-state index in [4.69, 9.17) is 0 Å². The van der Waals surface area contributed by atoms with Gasteiger partial charge >= 0.3 is 17.8 Å². The molecule has 0 bridgehead atoms. The third-order valence-electron chi connectivity index (χ3n) is 6.93. The number of likely N-dealkylation sites (tertiary alicyclic amines) is 1. The van der Waals surface area contributed by atoms with Crippen molar-refractivity contribution in [3.63, 3.8) is 0 Å². The molecule has 0 spiro atoms. The number of benzene rings is 1. The minimum Gasteiger partial charge on any atom is -0.464 e. The largest absolute Gasteiger partial charge is 0.464 e. The number of hydrogen-bond acceptors (Lipinski definition) is 6. The average Bonchev–Trinajstić information content (AvgIpc) is 3.56. The molecule has 0 radical (unpaired) electrons. The van der Waals surface area contributed by atoms with E-state index < -0.39 is 29.6 Å². The van der Waals surface area contributed by atoms with Crippen LogP contribution in [0.25, 0.3) is 0 Å². The lowest BCUT2D eigenvalue weighted by atomic mass is 9.96. The molecule has 1 saturated carbocycles. The van der Waals surface area contributed by atoms with Gasteiger partial charge in [-0.1, -0.05) is 34.8 Å². The highest BCUT2D eigenvalue weighted by molar-refractivity contribution is 7.09. The molecule has 35 heavy (non-hydrogen) atoms. The van der Waals surface area contributed by atoms with Gasteiger partial charge in [-0.3, -0.25) is 4.79 Å². The molecule has 2 aromatic rings. The number of rotatable bonds is 10. The van der Waals surface area contributed by atoms with E-state index >= 15 is 0 Å². The van der Waals surface area contributed by atoms with Crippen molar-refractivity contribution in [2.45, 2.75) is 43.9 Å². The molecule has 10 heteroatoms. The maximum absolute atomic E-state index is 14.7. The van der Waals surface area contributed by atoms with Crippen LogP contribution in [0.2, 0.25) is 0 Å². The topological polar surface area (TPSA) is 62.7 Å². The number of aryl methyl sites for hydroxylation is 1. The van der Waals surface area contributed by atoms with E-state index in [1.54, 1.807) is 29.6 Å². The van der Waals surface area contributed by atoms with Gasteiger partial charge in [0.2, 0.25) is 0 Å². The molecule has 2 unspecified atom stereocenters. The summed E-state index contributed by atoms with van der Waals surface area (Å²) in [6, 6.07) is 8.89. The zero-order valence-electron chi connectivity index (χ0n) is 19.7. The predicted molar refractivity (Wildman–Crippen MR) is 126 cm³/mol. The van der Waals surface area contributed by atoms with Crippen LogP contribution in [-0.2, 0) is 16.0 Å². The molecule has 1 aromatic carbocycles. The van der Waals surface area contributed by atoms with Gasteiger partial charge in [-0.05, 0) is 62.7 Å². The molecule has 4 rings (SSSR count).